The van der Waals surface area contributed by atoms with Gasteiger partial charge in [-0.15, -0.1) is 0 Å². The molecule has 1 aliphatic carbocycles. The fraction of sp³-hybridized carbons (Fsp3) is 0.538. The molecule has 0 radical (unpaired) electrons. The largest absolute Gasteiger partial charge is 0.299 e. The maximum absolute atomic E-state index is 11.2. The first kappa shape index (κ1) is 12.6. The van der Waals surface area contributed by atoms with Crippen LogP contribution in [0.25, 0.3) is 0 Å². The highest BCUT2D eigenvalue weighted by Crippen LogP contribution is 2.26. The highest BCUT2D eigenvalue weighted by atomic mass is 79.9. The molecule has 2 rings (SSSR count). The minimum atomic E-state index is 0.354. The van der Waals surface area contributed by atoms with E-state index in [-0.39, 0.29) is 0 Å². The SMILES string of the molecule is CCc1nn(C)c(CC2=CCC(=O)CC2)c1Br. The maximum Gasteiger partial charge on any atom is 0.136 e. The second kappa shape index (κ2) is 5.17. The molecule has 17 heavy (non-hydrogen) atoms. The first-order valence-electron chi connectivity index (χ1n) is 6.01. The van der Waals surface area contributed by atoms with E-state index in [0.717, 1.165) is 29.4 Å². The van der Waals surface area contributed by atoms with Crippen LogP contribution < -0.4 is 0 Å². The van der Waals surface area contributed by atoms with Gasteiger partial charge in [0, 0.05) is 26.3 Å². The van der Waals surface area contributed by atoms with Gasteiger partial charge in [0.05, 0.1) is 15.9 Å². The summed E-state index contributed by atoms with van der Waals surface area (Å²) in [4.78, 5) is 11.2. The smallest absolute Gasteiger partial charge is 0.136 e. The van der Waals surface area contributed by atoms with Crippen LogP contribution in [0, 0.1) is 0 Å². The Morgan fingerprint density at radius 3 is 2.76 bits per heavy atom. The molecular formula is C13H17BrN2O. The Morgan fingerprint density at radius 2 is 2.24 bits per heavy atom. The Balaban J connectivity index is 2.19. The number of Topliss-reactive ketones (excluding diaryl/α,β-unsaturated/α-hetero) is 1. The van der Waals surface area contributed by atoms with Crippen LogP contribution in [-0.2, 0) is 24.7 Å². The van der Waals surface area contributed by atoms with Gasteiger partial charge >= 0.3 is 0 Å². The van der Waals surface area contributed by atoms with Gasteiger partial charge in [0.1, 0.15) is 5.78 Å². The third kappa shape index (κ3) is 2.68. The molecule has 0 bridgehead atoms. The fourth-order valence-corrected chi connectivity index (χ4v) is 2.91. The van der Waals surface area contributed by atoms with E-state index in [1.165, 1.54) is 11.3 Å². The van der Waals surface area contributed by atoms with Crippen molar-refractivity contribution in [2.45, 2.75) is 39.0 Å². The van der Waals surface area contributed by atoms with Gasteiger partial charge < -0.3 is 0 Å². The van der Waals surface area contributed by atoms with Crippen LogP contribution in [-0.4, -0.2) is 15.6 Å². The molecule has 1 aromatic heterocycles. The minimum Gasteiger partial charge on any atom is -0.299 e. The lowest BCUT2D eigenvalue weighted by Gasteiger charge is -2.12. The monoisotopic (exact) mass is 296 g/mol. The molecule has 1 heterocycles. The van der Waals surface area contributed by atoms with Gasteiger partial charge in [0.15, 0.2) is 0 Å². The molecule has 0 aromatic carbocycles. The summed E-state index contributed by atoms with van der Waals surface area (Å²) in [5, 5.41) is 4.48. The molecule has 0 spiro atoms. The lowest BCUT2D eigenvalue weighted by Crippen LogP contribution is -2.07. The van der Waals surface area contributed by atoms with Gasteiger partial charge in [-0.25, -0.2) is 0 Å². The number of halogens is 1. The summed E-state index contributed by atoms with van der Waals surface area (Å²) in [5.74, 6) is 0.354. The molecule has 0 saturated heterocycles. The molecule has 0 aliphatic heterocycles. The molecule has 92 valence electrons. The number of ketones is 1. The van der Waals surface area contributed by atoms with Crippen molar-refractivity contribution < 1.29 is 4.79 Å². The van der Waals surface area contributed by atoms with E-state index in [1.54, 1.807) is 0 Å². The number of aromatic nitrogens is 2. The quantitative estimate of drug-likeness (QED) is 0.804. The molecule has 1 aromatic rings. The van der Waals surface area contributed by atoms with E-state index in [4.69, 9.17) is 0 Å². The molecule has 0 amide bonds. The Morgan fingerprint density at radius 1 is 1.47 bits per heavy atom. The van der Waals surface area contributed by atoms with Crippen molar-refractivity contribution in [2.24, 2.45) is 7.05 Å². The number of rotatable bonds is 3. The van der Waals surface area contributed by atoms with Crippen molar-refractivity contribution in [1.29, 1.82) is 0 Å². The zero-order valence-corrected chi connectivity index (χ0v) is 11.9. The summed E-state index contributed by atoms with van der Waals surface area (Å²) in [6.07, 6.45) is 6.12. The van der Waals surface area contributed by atoms with Crippen molar-refractivity contribution in [3.05, 3.63) is 27.5 Å². The van der Waals surface area contributed by atoms with Crippen LogP contribution in [0.2, 0.25) is 0 Å². The molecular weight excluding hydrogens is 280 g/mol. The van der Waals surface area contributed by atoms with E-state index in [2.05, 4.69) is 34.0 Å². The highest BCUT2D eigenvalue weighted by Gasteiger charge is 2.16. The van der Waals surface area contributed by atoms with Crippen LogP contribution in [0.3, 0.4) is 0 Å². The molecule has 1 aliphatic rings. The number of carbonyl (C=O) groups is 1. The predicted molar refractivity (Wildman–Crippen MR) is 70.9 cm³/mol. The Kier molecular flexibility index (Phi) is 3.82. The van der Waals surface area contributed by atoms with Crippen molar-refractivity contribution in [2.75, 3.05) is 0 Å². The molecule has 0 unspecified atom stereocenters. The fourth-order valence-electron chi connectivity index (χ4n) is 2.15. The van der Waals surface area contributed by atoms with Crippen molar-refractivity contribution >= 4 is 21.7 Å². The average molecular weight is 297 g/mol. The number of allylic oxidation sites excluding steroid dienone is 2. The summed E-state index contributed by atoms with van der Waals surface area (Å²) >= 11 is 3.62. The van der Waals surface area contributed by atoms with Gasteiger partial charge in [-0.1, -0.05) is 18.6 Å². The van der Waals surface area contributed by atoms with Crippen LogP contribution in [0.15, 0.2) is 16.1 Å². The zero-order chi connectivity index (χ0) is 12.4. The van der Waals surface area contributed by atoms with E-state index < -0.39 is 0 Å². The summed E-state index contributed by atoms with van der Waals surface area (Å²) in [7, 11) is 1.98. The summed E-state index contributed by atoms with van der Waals surface area (Å²) < 4.78 is 3.07. The number of carbonyl (C=O) groups excluding carboxylic acids is 1. The lowest BCUT2D eigenvalue weighted by molar-refractivity contribution is -0.118. The number of nitrogens with zero attached hydrogens (tertiary/aromatic N) is 2. The van der Waals surface area contributed by atoms with Gasteiger partial charge in [-0.05, 0) is 28.8 Å². The van der Waals surface area contributed by atoms with Crippen LogP contribution >= 0.6 is 15.9 Å². The lowest BCUT2D eigenvalue weighted by atomic mass is 9.95. The molecule has 0 atom stereocenters. The number of aryl methyl sites for hydroxylation is 2. The van der Waals surface area contributed by atoms with Crippen molar-refractivity contribution in [3.8, 4) is 0 Å². The van der Waals surface area contributed by atoms with Gasteiger partial charge in [0.2, 0.25) is 0 Å². The summed E-state index contributed by atoms with van der Waals surface area (Å²) in [5.41, 5.74) is 3.67. The summed E-state index contributed by atoms with van der Waals surface area (Å²) in [6.45, 7) is 2.11. The third-order valence-electron chi connectivity index (χ3n) is 3.24. The van der Waals surface area contributed by atoms with E-state index in [0.29, 0.717) is 18.6 Å². The van der Waals surface area contributed by atoms with Crippen molar-refractivity contribution in [3.63, 3.8) is 0 Å². The van der Waals surface area contributed by atoms with Crippen LogP contribution in [0.4, 0.5) is 0 Å². The molecule has 0 fully saturated rings. The third-order valence-corrected chi connectivity index (χ3v) is 4.16. The van der Waals surface area contributed by atoms with Gasteiger partial charge in [0.25, 0.3) is 0 Å². The van der Waals surface area contributed by atoms with Crippen LogP contribution in [0.1, 0.15) is 37.6 Å². The first-order chi connectivity index (χ1) is 8.11. The van der Waals surface area contributed by atoms with E-state index in [1.807, 2.05) is 11.7 Å². The van der Waals surface area contributed by atoms with Gasteiger partial charge in [-0.3, -0.25) is 9.48 Å². The second-order valence-corrected chi connectivity index (χ2v) is 5.26. The zero-order valence-electron chi connectivity index (χ0n) is 10.3. The number of hydrogen-bond acceptors (Lipinski definition) is 2. The number of hydrogen-bond donors (Lipinski definition) is 0. The van der Waals surface area contributed by atoms with Crippen LogP contribution in [0.5, 0.6) is 0 Å². The standard InChI is InChI=1S/C13H17BrN2O/c1-3-11-13(14)12(16(2)15-11)8-9-4-6-10(17)7-5-9/h4H,3,5-8H2,1-2H3. The van der Waals surface area contributed by atoms with E-state index in [9.17, 15) is 4.79 Å². The Bertz CT molecular complexity index is 474. The minimum absolute atomic E-state index is 0.354. The summed E-state index contributed by atoms with van der Waals surface area (Å²) in [6, 6.07) is 0. The molecule has 0 N–H and O–H groups in total. The normalized spacial score (nSPS) is 16.2. The molecule has 0 saturated carbocycles. The highest BCUT2D eigenvalue weighted by molar-refractivity contribution is 9.10. The van der Waals surface area contributed by atoms with Gasteiger partial charge in [-0.2, -0.15) is 5.10 Å². The molecule has 4 heteroatoms. The average Bonchev–Trinajstić information content (AvgIpc) is 2.59. The van der Waals surface area contributed by atoms with E-state index >= 15 is 0 Å². The van der Waals surface area contributed by atoms with Crippen molar-refractivity contribution in [1.82, 2.24) is 9.78 Å². The first-order valence-corrected chi connectivity index (χ1v) is 6.81. The topological polar surface area (TPSA) is 34.9 Å². The maximum atomic E-state index is 11.2. The Labute approximate surface area is 110 Å². The second-order valence-electron chi connectivity index (χ2n) is 4.47. The molecule has 3 nitrogen and oxygen atoms in total. The Hall–Kier alpha value is -0.900. The predicted octanol–water partition coefficient (Wildman–Crippen LogP) is 2.97.